The molecule has 0 radical (unpaired) electrons. The standard InChI is InChI=1S/C25H22F3NO5S/c1-14-19(29-23(34-14)15-3-6-17(7-4-15)25(26,27)28)9-11-33-20-8-5-16(13-21(32-2)24(30)31)22-18(20)10-12-35-22/h3-8,10,12,21H,9,11,13H2,1-2H3,(H,30,31)/t21-/m0/s1. The van der Waals surface area contributed by atoms with Gasteiger partial charge in [0, 0.05) is 35.6 Å². The molecule has 0 aliphatic carbocycles. The van der Waals surface area contributed by atoms with Crippen molar-refractivity contribution in [1.29, 1.82) is 0 Å². The van der Waals surface area contributed by atoms with Crippen LogP contribution in [0.5, 0.6) is 5.75 Å². The number of hydrogen-bond acceptors (Lipinski definition) is 6. The van der Waals surface area contributed by atoms with Crippen molar-refractivity contribution < 1.29 is 37.0 Å². The highest BCUT2D eigenvalue weighted by Crippen LogP contribution is 2.34. The number of aryl methyl sites for hydroxylation is 1. The zero-order chi connectivity index (χ0) is 25.2. The third-order valence-electron chi connectivity index (χ3n) is 5.57. The molecular formula is C25H22F3NO5S. The Bertz CT molecular complexity index is 1330. The van der Waals surface area contributed by atoms with Crippen LogP contribution >= 0.6 is 11.3 Å². The van der Waals surface area contributed by atoms with Crippen molar-refractivity contribution >= 4 is 27.4 Å². The van der Waals surface area contributed by atoms with Gasteiger partial charge in [0.1, 0.15) is 11.5 Å². The van der Waals surface area contributed by atoms with E-state index in [1.807, 2.05) is 23.6 Å². The summed E-state index contributed by atoms with van der Waals surface area (Å²) < 4.78 is 56.0. The van der Waals surface area contributed by atoms with E-state index in [9.17, 15) is 23.1 Å². The number of alkyl halides is 3. The number of carbonyl (C=O) groups is 1. The number of oxazole rings is 1. The third-order valence-corrected chi connectivity index (χ3v) is 6.56. The Morgan fingerprint density at radius 3 is 2.57 bits per heavy atom. The largest absolute Gasteiger partial charge is 0.493 e. The molecule has 6 nitrogen and oxygen atoms in total. The Morgan fingerprint density at radius 1 is 1.17 bits per heavy atom. The van der Waals surface area contributed by atoms with E-state index in [0.717, 1.165) is 27.8 Å². The van der Waals surface area contributed by atoms with Crippen LogP contribution in [0.4, 0.5) is 13.2 Å². The minimum absolute atomic E-state index is 0.244. The number of hydrogen-bond donors (Lipinski definition) is 1. The average Bonchev–Trinajstić information content (AvgIpc) is 3.45. The molecule has 2 heterocycles. The number of carboxylic acid groups (broad SMARTS) is 1. The van der Waals surface area contributed by atoms with Gasteiger partial charge in [-0.25, -0.2) is 9.78 Å². The normalized spacial score (nSPS) is 12.7. The second kappa shape index (κ2) is 10.1. The van der Waals surface area contributed by atoms with Gasteiger partial charge in [-0.1, -0.05) is 6.07 Å². The van der Waals surface area contributed by atoms with Gasteiger partial charge in [0.05, 0.1) is 17.9 Å². The summed E-state index contributed by atoms with van der Waals surface area (Å²) in [6, 6.07) is 10.2. The molecule has 184 valence electrons. The van der Waals surface area contributed by atoms with Gasteiger partial charge in [0.2, 0.25) is 5.89 Å². The molecule has 1 atom stereocenters. The summed E-state index contributed by atoms with van der Waals surface area (Å²) in [4.78, 5) is 15.8. The van der Waals surface area contributed by atoms with Gasteiger partial charge >= 0.3 is 12.1 Å². The van der Waals surface area contributed by atoms with Crippen molar-refractivity contribution in [2.24, 2.45) is 0 Å². The van der Waals surface area contributed by atoms with Gasteiger partial charge in [-0.3, -0.25) is 0 Å². The molecular weight excluding hydrogens is 483 g/mol. The van der Waals surface area contributed by atoms with E-state index in [2.05, 4.69) is 4.98 Å². The number of aromatic nitrogens is 1. The average molecular weight is 506 g/mol. The van der Waals surface area contributed by atoms with Crippen LogP contribution in [-0.2, 0) is 28.5 Å². The molecule has 0 bridgehead atoms. The highest BCUT2D eigenvalue weighted by atomic mass is 32.1. The molecule has 1 N–H and O–H groups in total. The van der Waals surface area contributed by atoms with E-state index in [4.69, 9.17) is 13.9 Å². The van der Waals surface area contributed by atoms with Crippen LogP contribution in [0.3, 0.4) is 0 Å². The molecule has 2 aromatic carbocycles. The zero-order valence-electron chi connectivity index (χ0n) is 18.9. The fourth-order valence-corrected chi connectivity index (χ4v) is 4.63. The number of methoxy groups -OCH3 is 1. The first-order chi connectivity index (χ1) is 16.7. The van der Waals surface area contributed by atoms with Crippen molar-refractivity contribution in [1.82, 2.24) is 4.98 Å². The first-order valence-corrected chi connectivity index (χ1v) is 11.6. The van der Waals surface area contributed by atoms with Crippen LogP contribution in [0.1, 0.15) is 22.6 Å². The summed E-state index contributed by atoms with van der Waals surface area (Å²) in [5.74, 6) is 0.468. The fourth-order valence-electron chi connectivity index (χ4n) is 3.69. The Kier molecular flexibility index (Phi) is 7.13. The maximum Gasteiger partial charge on any atom is 0.416 e. The lowest BCUT2D eigenvalue weighted by molar-refractivity contribution is -0.148. The smallest absolute Gasteiger partial charge is 0.416 e. The maximum absolute atomic E-state index is 12.8. The van der Waals surface area contributed by atoms with Crippen LogP contribution in [-0.4, -0.2) is 35.9 Å². The molecule has 0 amide bonds. The Labute approximate surface area is 202 Å². The molecule has 0 saturated carbocycles. The minimum Gasteiger partial charge on any atom is -0.493 e. The summed E-state index contributed by atoms with van der Waals surface area (Å²) in [5.41, 5.74) is 1.25. The van der Waals surface area contributed by atoms with Crippen molar-refractivity contribution in [2.45, 2.75) is 32.0 Å². The molecule has 0 fully saturated rings. The van der Waals surface area contributed by atoms with Crippen LogP contribution in [0, 0.1) is 6.92 Å². The summed E-state index contributed by atoms with van der Waals surface area (Å²) in [5, 5.41) is 12.1. The lowest BCUT2D eigenvalue weighted by Gasteiger charge is -2.13. The predicted octanol–water partition coefficient (Wildman–Crippen LogP) is 6.15. The molecule has 4 rings (SSSR count). The number of nitrogens with zero attached hydrogens (tertiary/aromatic N) is 1. The molecule has 0 unspecified atom stereocenters. The minimum atomic E-state index is -4.40. The predicted molar refractivity (Wildman–Crippen MR) is 125 cm³/mol. The topological polar surface area (TPSA) is 81.8 Å². The molecule has 10 heteroatoms. The van der Waals surface area contributed by atoms with Crippen LogP contribution in [0.15, 0.2) is 52.3 Å². The zero-order valence-corrected chi connectivity index (χ0v) is 19.7. The quantitative estimate of drug-likeness (QED) is 0.294. The van der Waals surface area contributed by atoms with Gasteiger partial charge in [-0.05, 0) is 54.3 Å². The second-order valence-corrected chi connectivity index (χ2v) is 8.76. The summed E-state index contributed by atoms with van der Waals surface area (Å²) in [6.45, 7) is 2.05. The lowest BCUT2D eigenvalue weighted by atomic mass is 10.1. The second-order valence-electron chi connectivity index (χ2n) is 7.85. The van der Waals surface area contributed by atoms with E-state index >= 15 is 0 Å². The summed E-state index contributed by atoms with van der Waals surface area (Å²) in [7, 11) is 1.37. The molecule has 0 saturated heterocycles. The first-order valence-electron chi connectivity index (χ1n) is 10.7. The van der Waals surface area contributed by atoms with Crippen molar-refractivity contribution in [3.05, 3.63) is 70.4 Å². The number of aliphatic carboxylic acids is 1. The highest BCUT2D eigenvalue weighted by Gasteiger charge is 2.30. The van der Waals surface area contributed by atoms with E-state index in [1.54, 1.807) is 6.92 Å². The van der Waals surface area contributed by atoms with E-state index < -0.39 is 23.8 Å². The first kappa shape index (κ1) is 24.7. The van der Waals surface area contributed by atoms with Crippen LogP contribution in [0.25, 0.3) is 21.5 Å². The number of rotatable bonds is 9. The van der Waals surface area contributed by atoms with Crippen molar-refractivity contribution in [2.75, 3.05) is 13.7 Å². The Morgan fingerprint density at radius 2 is 1.91 bits per heavy atom. The Balaban J connectivity index is 1.44. The number of halogens is 3. The maximum atomic E-state index is 12.8. The third kappa shape index (κ3) is 5.49. The lowest BCUT2D eigenvalue weighted by Crippen LogP contribution is -2.24. The summed E-state index contributed by atoms with van der Waals surface area (Å²) >= 11 is 1.50. The molecule has 0 aliphatic heterocycles. The molecule has 0 spiro atoms. The summed E-state index contributed by atoms with van der Waals surface area (Å²) in [6.07, 6.45) is -4.65. The molecule has 4 aromatic rings. The monoisotopic (exact) mass is 505 g/mol. The van der Waals surface area contributed by atoms with E-state index in [-0.39, 0.29) is 12.3 Å². The van der Waals surface area contributed by atoms with Crippen molar-refractivity contribution in [3.8, 4) is 17.2 Å². The number of ether oxygens (including phenoxy) is 2. The Hall–Kier alpha value is -3.37. The van der Waals surface area contributed by atoms with E-state index in [1.165, 1.54) is 30.6 Å². The molecule has 2 aromatic heterocycles. The van der Waals surface area contributed by atoms with Crippen LogP contribution in [0.2, 0.25) is 0 Å². The fraction of sp³-hybridized carbons (Fsp3) is 0.280. The number of benzene rings is 2. The van der Waals surface area contributed by atoms with Crippen LogP contribution < -0.4 is 4.74 Å². The molecule has 35 heavy (non-hydrogen) atoms. The van der Waals surface area contributed by atoms with Gasteiger partial charge in [-0.15, -0.1) is 11.3 Å². The highest BCUT2D eigenvalue weighted by molar-refractivity contribution is 7.17. The van der Waals surface area contributed by atoms with Crippen molar-refractivity contribution in [3.63, 3.8) is 0 Å². The molecule has 0 aliphatic rings. The number of fused-ring (bicyclic) bond motifs is 1. The van der Waals surface area contributed by atoms with E-state index in [0.29, 0.717) is 35.8 Å². The number of thiophene rings is 1. The van der Waals surface area contributed by atoms with Gasteiger partial charge < -0.3 is 19.0 Å². The van der Waals surface area contributed by atoms with Gasteiger partial charge in [0.25, 0.3) is 0 Å². The number of carboxylic acids is 1. The SMILES string of the molecule is CO[C@@H](Cc1ccc(OCCc2nc(-c3ccc(C(F)(F)F)cc3)oc2C)c2ccsc12)C(=O)O. The van der Waals surface area contributed by atoms with Gasteiger partial charge in [0.15, 0.2) is 6.10 Å². The van der Waals surface area contributed by atoms with Gasteiger partial charge in [-0.2, -0.15) is 13.2 Å².